The van der Waals surface area contributed by atoms with Crippen molar-refractivity contribution in [3.8, 4) is 0 Å². The van der Waals surface area contributed by atoms with Gasteiger partial charge in [-0.15, -0.1) is 0 Å². The molecule has 5 heteroatoms. The highest BCUT2D eigenvalue weighted by Crippen LogP contribution is 2.20. The fourth-order valence-electron chi connectivity index (χ4n) is 1.47. The molecule has 1 amide bonds. The number of carbonyl (C=O) groups is 1. The molecular weight excluding hydrogens is 204 g/mol. The van der Waals surface area contributed by atoms with Gasteiger partial charge in [-0.25, -0.2) is 0 Å². The van der Waals surface area contributed by atoms with Crippen LogP contribution in [0.5, 0.6) is 0 Å². The highest BCUT2D eigenvalue weighted by molar-refractivity contribution is 5.98. The number of hydrogen-bond acceptors (Lipinski definition) is 2. The Morgan fingerprint density at radius 1 is 1.38 bits per heavy atom. The lowest BCUT2D eigenvalue weighted by molar-refractivity contribution is 0.0774. The Balaban J connectivity index is 3.11. The van der Waals surface area contributed by atoms with Crippen molar-refractivity contribution in [2.75, 3.05) is 13.1 Å². The monoisotopic (exact) mass is 218 g/mol. The zero-order valence-electron chi connectivity index (χ0n) is 9.42. The van der Waals surface area contributed by atoms with Crippen molar-refractivity contribution < 1.29 is 4.79 Å². The van der Waals surface area contributed by atoms with E-state index in [1.807, 2.05) is 13.8 Å². The molecule has 0 bridgehead atoms. The smallest absolute Gasteiger partial charge is 0.254 e. The highest BCUT2D eigenvalue weighted by Gasteiger charge is 2.14. The molecule has 16 heavy (non-hydrogen) atoms. The first-order chi connectivity index (χ1) is 7.74. The molecule has 1 rings (SSSR count). The van der Waals surface area contributed by atoms with Gasteiger partial charge in [0, 0.05) is 23.6 Å². The molecule has 0 N–H and O–H groups in total. The summed E-state index contributed by atoms with van der Waals surface area (Å²) in [6.45, 7) is 5.11. The zero-order chi connectivity index (χ0) is 12.0. The van der Waals surface area contributed by atoms with Crippen molar-refractivity contribution >= 4 is 11.6 Å². The van der Waals surface area contributed by atoms with Gasteiger partial charge in [0.25, 0.3) is 5.91 Å². The van der Waals surface area contributed by atoms with E-state index in [9.17, 15) is 4.79 Å². The molecule has 0 radical (unpaired) electrons. The van der Waals surface area contributed by atoms with Crippen LogP contribution >= 0.6 is 0 Å². The first-order valence-corrected chi connectivity index (χ1v) is 5.18. The van der Waals surface area contributed by atoms with Crippen molar-refractivity contribution in [3.05, 3.63) is 40.3 Å². The first-order valence-electron chi connectivity index (χ1n) is 5.18. The minimum Gasteiger partial charge on any atom is -0.339 e. The van der Waals surface area contributed by atoms with Gasteiger partial charge in [0.2, 0.25) is 0 Å². The van der Waals surface area contributed by atoms with E-state index < -0.39 is 0 Å². The number of benzene rings is 1. The van der Waals surface area contributed by atoms with Crippen LogP contribution in [0.25, 0.3) is 10.4 Å². The van der Waals surface area contributed by atoms with Gasteiger partial charge in [-0.05, 0) is 25.4 Å². The Morgan fingerprint density at radius 3 is 2.56 bits per heavy atom. The van der Waals surface area contributed by atoms with Crippen LogP contribution in [0.3, 0.4) is 0 Å². The summed E-state index contributed by atoms with van der Waals surface area (Å²) in [4.78, 5) is 16.4. The molecule has 84 valence electrons. The quantitative estimate of drug-likeness (QED) is 0.435. The molecule has 0 unspecified atom stereocenters. The van der Waals surface area contributed by atoms with Crippen LogP contribution in [0.2, 0.25) is 0 Å². The predicted octanol–water partition coefficient (Wildman–Crippen LogP) is 3.11. The highest BCUT2D eigenvalue weighted by atomic mass is 16.2. The summed E-state index contributed by atoms with van der Waals surface area (Å²) in [5.74, 6) is -0.104. The van der Waals surface area contributed by atoms with E-state index in [1.165, 1.54) is 0 Å². The van der Waals surface area contributed by atoms with Crippen LogP contribution in [-0.4, -0.2) is 23.9 Å². The Hall–Kier alpha value is -2.00. The fourth-order valence-corrected chi connectivity index (χ4v) is 1.47. The predicted molar refractivity (Wildman–Crippen MR) is 62.5 cm³/mol. The van der Waals surface area contributed by atoms with Gasteiger partial charge >= 0.3 is 0 Å². The lowest BCUT2D eigenvalue weighted by atomic mass is 10.1. The molecule has 1 aromatic rings. The van der Waals surface area contributed by atoms with Crippen molar-refractivity contribution in [3.63, 3.8) is 0 Å². The van der Waals surface area contributed by atoms with Crippen LogP contribution in [-0.2, 0) is 0 Å². The molecule has 0 spiro atoms. The summed E-state index contributed by atoms with van der Waals surface area (Å²) in [6, 6.07) is 6.80. The summed E-state index contributed by atoms with van der Waals surface area (Å²) >= 11 is 0. The molecule has 0 saturated heterocycles. The number of amides is 1. The second kappa shape index (κ2) is 5.78. The number of hydrogen-bond donors (Lipinski definition) is 0. The van der Waals surface area contributed by atoms with Gasteiger partial charge in [-0.3, -0.25) is 4.79 Å². The lowest BCUT2D eigenvalue weighted by Crippen LogP contribution is -2.30. The second-order valence-corrected chi connectivity index (χ2v) is 3.18. The average Bonchev–Trinajstić information content (AvgIpc) is 2.31. The van der Waals surface area contributed by atoms with Crippen LogP contribution in [0, 0.1) is 0 Å². The van der Waals surface area contributed by atoms with Gasteiger partial charge in [0.15, 0.2) is 0 Å². The number of carbonyl (C=O) groups excluding carboxylic acids is 1. The molecule has 0 atom stereocenters. The third-order valence-corrected chi connectivity index (χ3v) is 2.34. The standard InChI is InChI=1S/C11H14N4O/c1-3-15(4-2)11(16)9-7-5-6-8-10(9)13-14-12/h5-8H,3-4H2,1-2H3. The maximum absolute atomic E-state index is 12.0. The molecule has 0 fully saturated rings. The first kappa shape index (κ1) is 12.1. The minimum absolute atomic E-state index is 0.104. The summed E-state index contributed by atoms with van der Waals surface area (Å²) in [5.41, 5.74) is 9.24. The molecule has 0 heterocycles. The topological polar surface area (TPSA) is 69.1 Å². The number of nitrogens with zero attached hydrogens (tertiary/aromatic N) is 4. The van der Waals surface area contributed by atoms with E-state index in [1.54, 1.807) is 29.2 Å². The van der Waals surface area contributed by atoms with Crippen LogP contribution < -0.4 is 0 Å². The second-order valence-electron chi connectivity index (χ2n) is 3.18. The van der Waals surface area contributed by atoms with Gasteiger partial charge in [-0.2, -0.15) is 0 Å². The van der Waals surface area contributed by atoms with E-state index in [2.05, 4.69) is 10.0 Å². The maximum Gasteiger partial charge on any atom is 0.254 e. The molecule has 0 saturated carbocycles. The van der Waals surface area contributed by atoms with Crippen molar-refractivity contribution in [1.82, 2.24) is 4.90 Å². The van der Waals surface area contributed by atoms with E-state index in [-0.39, 0.29) is 5.91 Å². The van der Waals surface area contributed by atoms with Crippen molar-refractivity contribution in [1.29, 1.82) is 0 Å². The Morgan fingerprint density at radius 2 is 2.00 bits per heavy atom. The third-order valence-electron chi connectivity index (χ3n) is 2.34. The largest absolute Gasteiger partial charge is 0.339 e. The molecular formula is C11H14N4O. The summed E-state index contributed by atoms with van der Waals surface area (Å²) in [6.07, 6.45) is 0. The molecule has 0 aromatic heterocycles. The van der Waals surface area contributed by atoms with E-state index in [0.29, 0.717) is 24.3 Å². The molecule has 5 nitrogen and oxygen atoms in total. The molecule has 0 aliphatic rings. The lowest BCUT2D eigenvalue weighted by Gasteiger charge is -2.19. The third kappa shape index (κ3) is 2.52. The number of rotatable bonds is 4. The molecule has 1 aromatic carbocycles. The van der Waals surface area contributed by atoms with Crippen LogP contribution in [0.4, 0.5) is 5.69 Å². The minimum atomic E-state index is -0.104. The van der Waals surface area contributed by atoms with Crippen molar-refractivity contribution in [2.24, 2.45) is 5.11 Å². The Labute approximate surface area is 94.3 Å². The zero-order valence-corrected chi connectivity index (χ0v) is 9.42. The summed E-state index contributed by atoms with van der Waals surface area (Å²) < 4.78 is 0. The number of azide groups is 1. The Bertz CT molecular complexity index is 420. The van der Waals surface area contributed by atoms with E-state index in [0.717, 1.165) is 0 Å². The summed E-state index contributed by atoms with van der Waals surface area (Å²) in [5, 5.41) is 3.51. The normalized spacial score (nSPS) is 9.38. The Kier molecular flexibility index (Phi) is 4.36. The molecule has 0 aliphatic heterocycles. The van der Waals surface area contributed by atoms with E-state index >= 15 is 0 Å². The average molecular weight is 218 g/mol. The molecule has 0 aliphatic carbocycles. The maximum atomic E-state index is 12.0. The van der Waals surface area contributed by atoms with Gasteiger partial charge < -0.3 is 4.90 Å². The fraction of sp³-hybridized carbons (Fsp3) is 0.364. The van der Waals surface area contributed by atoms with Gasteiger partial charge in [0.1, 0.15) is 0 Å². The van der Waals surface area contributed by atoms with Gasteiger partial charge in [-0.1, -0.05) is 23.3 Å². The van der Waals surface area contributed by atoms with Crippen LogP contribution in [0.1, 0.15) is 24.2 Å². The summed E-state index contributed by atoms with van der Waals surface area (Å²) in [7, 11) is 0. The van der Waals surface area contributed by atoms with Crippen LogP contribution in [0.15, 0.2) is 29.4 Å². The van der Waals surface area contributed by atoms with Crippen molar-refractivity contribution in [2.45, 2.75) is 13.8 Å². The SMILES string of the molecule is CCN(CC)C(=O)c1ccccc1N=[N+]=[N-]. The van der Waals surface area contributed by atoms with Gasteiger partial charge in [0.05, 0.1) is 5.69 Å². The van der Waals surface area contributed by atoms with E-state index in [4.69, 9.17) is 5.53 Å².